The Morgan fingerprint density at radius 1 is 1.24 bits per heavy atom. The summed E-state index contributed by atoms with van der Waals surface area (Å²) in [6.45, 7) is 6.79. The van der Waals surface area contributed by atoms with E-state index in [1.807, 2.05) is 0 Å². The van der Waals surface area contributed by atoms with Crippen molar-refractivity contribution in [1.29, 1.82) is 0 Å². The van der Waals surface area contributed by atoms with Gasteiger partial charge in [-0.1, -0.05) is 40.0 Å². The molecule has 1 saturated heterocycles. The number of hydrogen-bond acceptors (Lipinski definition) is 2. The molecule has 4 unspecified atom stereocenters. The van der Waals surface area contributed by atoms with Crippen LogP contribution in [0.3, 0.4) is 0 Å². The molecule has 1 amide bonds. The molecule has 98 valence electrons. The molecular formula is C14H26N2O. The predicted molar refractivity (Wildman–Crippen MR) is 69.4 cm³/mol. The minimum atomic E-state index is -0.178. The highest BCUT2D eigenvalue weighted by molar-refractivity contribution is 5.80. The van der Waals surface area contributed by atoms with E-state index in [1.165, 1.54) is 25.7 Å². The van der Waals surface area contributed by atoms with Crippen LogP contribution in [0.25, 0.3) is 0 Å². The van der Waals surface area contributed by atoms with Gasteiger partial charge >= 0.3 is 0 Å². The Balaban J connectivity index is 2.18. The molecule has 3 heteroatoms. The molecule has 0 aromatic heterocycles. The van der Waals surface area contributed by atoms with Crippen molar-refractivity contribution in [2.24, 2.45) is 23.0 Å². The van der Waals surface area contributed by atoms with E-state index in [4.69, 9.17) is 5.73 Å². The van der Waals surface area contributed by atoms with Gasteiger partial charge in [-0.2, -0.15) is 0 Å². The van der Waals surface area contributed by atoms with Gasteiger partial charge in [-0.3, -0.25) is 4.79 Å². The molecule has 0 bridgehead atoms. The van der Waals surface area contributed by atoms with Crippen molar-refractivity contribution in [2.45, 2.75) is 65.0 Å². The summed E-state index contributed by atoms with van der Waals surface area (Å²) in [6.07, 6.45) is 6.21. The Morgan fingerprint density at radius 2 is 1.88 bits per heavy atom. The largest absolute Gasteiger partial charge is 0.368 e. The summed E-state index contributed by atoms with van der Waals surface area (Å²) in [7, 11) is 0. The molecule has 0 radical (unpaired) electrons. The van der Waals surface area contributed by atoms with Crippen LogP contribution in [0.4, 0.5) is 0 Å². The summed E-state index contributed by atoms with van der Waals surface area (Å²) < 4.78 is 0. The molecule has 2 aliphatic rings. The zero-order valence-electron chi connectivity index (χ0n) is 11.3. The first-order valence-corrected chi connectivity index (χ1v) is 6.95. The highest BCUT2D eigenvalue weighted by Gasteiger charge is 2.44. The first-order chi connectivity index (χ1) is 7.89. The number of piperidine rings is 1. The number of amides is 1. The summed E-state index contributed by atoms with van der Waals surface area (Å²) in [4.78, 5) is 11.5. The molecule has 1 heterocycles. The molecule has 0 aromatic rings. The van der Waals surface area contributed by atoms with Crippen LogP contribution >= 0.6 is 0 Å². The monoisotopic (exact) mass is 238 g/mol. The molecule has 3 N–H and O–H groups in total. The van der Waals surface area contributed by atoms with Gasteiger partial charge in [0.15, 0.2) is 0 Å². The number of primary amides is 1. The number of rotatable bonds is 1. The van der Waals surface area contributed by atoms with Gasteiger partial charge in [0.05, 0.1) is 6.04 Å². The number of nitrogens with one attached hydrogen (secondary N) is 1. The van der Waals surface area contributed by atoms with Gasteiger partial charge in [0, 0.05) is 6.04 Å². The maximum absolute atomic E-state index is 11.5. The third-order valence-corrected chi connectivity index (χ3v) is 4.59. The predicted octanol–water partition coefficient (Wildman–Crippen LogP) is 2.05. The molecule has 1 aliphatic carbocycles. The zero-order valence-corrected chi connectivity index (χ0v) is 11.3. The normalized spacial score (nSPS) is 38.5. The standard InChI is InChI=1S/C14H26N2O/c1-14(2,3)12-10-7-5-4-6-9(10)8-11(16-12)13(15)17/h9-12,16H,4-8H2,1-3H3,(H2,15,17). The van der Waals surface area contributed by atoms with E-state index in [9.17, 15) is 4.79 Å². The van der Waals surface area contributed by atoms with Gasteiger partial charge in [-0.15, -0.1) is 0 Å². The van der Waals surface area contributed by atoms with Gasteiger partial charge in [0.1, 0.15) is 0 Å². The van der Waals surface area contributed by atoms with E-state index in [0.29, 0.717) is 12.0 Å². The second-order valence-corrected chi connectivity index (χ2v) is 6.91. The SMILES string of the molecule is CC(C)(C)C1NC(C(N)=O)CC2CCCCC21. The first-order valence-electron chi connectivity index (χ1n) is 6.95. The first kappa shape index (κ1) is 12.9. The fourth-order valence-corrected chi connectivity index (χ4v) is 3.77. The van der Waals surface area contributed by atoms with Crippen LogP contribution in [0.5, 0.6) is 0 Å². The highest BCUT2D eigenvalue weighted by atomic mass is 16.1. The summed E-state index contributed by atoms with van der Waals surface area (Å²) in [5.41, 5.74) is 5.70. The topological polar surface area (TPSA) is 55.1 Å². The van der Waals surface area contributed by atoms with Gasteiger partial charge in [-0.05, 0) is 30.1 Å². The minimum absolute atomic E-state index is 0.112. The molecule has 3 nitrogen and oxygen atoms in total. The van der Waals surface area contributed by atoms with Crippen molar-refractivity contribution in [3.8, 4) is 0 Å². The Kier molecular flexibility index (Phi) is 3.48. The van der Waals surface area contributed by atoms with Crippen LogP contribution in [0.15, 0.2) is 0 Å². The van der Waals surface area contributed by atoms with Crippen LogP contribution < -0.4 is 11.1 Å². The lowest BCUT2D eigenvalue weighted by molar-refractivity contribution is -0.122. The number of carbonyl (C=O) groups is 1. The molecule has 1 saturated carbocycles. The maximum atomic E-state index is 11.5. The van der Waals surface area contributed by atoms with Crippen molar-refractivity contribution < 1.29 is 4.79 Å². The van der Waals surface area contributed by atoms with E-state index in [1.54, 1.807) is 0 Å². The van der Waals surface area contributed by atoms with Crippen molar-refractivity contribution in [2.75, 3.05) is 0 Å². The molecule has 0 spiro atoms. The van der Waals surface area contributed by atoms with Gasteiger partial charge in [0.25, 0.3) is 0 Å². The van der Waals surface area contributed by atoms with Gasteiger partial charge in [0.2, 0.25) is 5.91 Å². The van der Waals surface area contributed by atoms with Crippen LogP contribution in [0, 0.1) is 17.3 Å². The second kappa shape index (κ2) is 4.60. The molecule has 2 rings (SSSR count). The maximum Gasteiger partial charge on any atom is 0.234 e. The third kappa shape index (κ3) is 2.65. The van der Waals surface area contributed by atoms with E-state index in [0.717, 1.165) is 12.3 Å². The second-order valence-electron chi connectivity index (χ2n) is 6.91. The lowest BCUT2D eigenvalue weighted by Crippen LogP contribution is -2.60. The Bertz CT molecular complexity index is 295. The Labute approximate surface area is 105 Å². The van der Waals surface area contributed by atoms with Crippen molar-refractivity contribution >= 4 is 5.91 Å². The van der Waals surface area contributed by atoms with E-state index >= 15 is 0 Å². The summed E-state index contributed by atoms with van der Waals surface area (Å²) in [5, 5.41) is 3.52. The summed E-state index contributed by atoms with van der Waals surface area (Å²) in [6, 6.07) is 0.317. The van der Waals surface area contributed by atoms with Crippen LogP contribution in [-0.4, -0.2) is 18.0 Å². The Hall–Kier alpha value is -0.570. The molecule has 1 aliphatic heterocycles. The van der Waals surface area contributed by atoms with Crippen LogP contribution in [-0.2, 0) is 4.79 Å². The quantitative estimate of drug-likeness (QED) is 0.734. The zero-order chi connectivity index (χ0) is 12.6. The van der Waals surface area contributed by atoms with Crippen molar-refractivity contribution in [1.82, 2.24) is 5.32 Å². The van der Waals surface area contributed by atoms with Crippen molar-refractivity contribution in [3.63, 3.8) is 0 Å². The summed E-state index contributed by atoms with van der Waals surface area (Å²) >= 11 is 0. The lowest BCUT2D eigenvalue weighted by Gasteiger charge is -2.49. The average molecular weight is 238 g/mol. The van der Waals surface area contributed by atoms with E-state index < -0.39 is 0 Å². The summed E-state index contributed by atoms with van der Waals surface area (Å²) in [5.74, 6) is 1.26. The molecule has 17 heavy (non-hydrogen) atoms. The third-order valence-electron chi connectivity index (χ3n) is 4.59. The fourth-order valence-electron chi connectivity index (χ4n) is 3.77. The molecule has 2 fully saturated rings. The molecule has 4 atom stereocenters. The highest BCUT2D eigenvalue weighted by Crippen LogP contribution is 2.43. The van der Waals surface area contributed by atoms with Crippen LogP contribution in [0.2, 0.25) is 0 Å². The number of fused-ring (bicyclic) bond motifs is 1. The van der Waals surface area contributed by atoms with E-state index in [2.05, 4.69) is 26.1 Å². The van der Waals surface area contributed by atoms with Gasteiger partial charge in [-0.25, -0.2) is 0 Å². The molecular weight excluding hydrogens is 212 g/mol. The fraction of sp³-hybridized carbons (Fsp3) is 0.929. The smallest absolute Gasteiger partial charge is 0.234 e. The Morgan fingerprint density at radius 3 is 2.47 bits per heavy atom. The molecule has 0 aromatic carbocycles. The van der Waals surface area contributed by atoms with Gasteiger partial charge < -0.3 is 11.1 Å². The lowest BCUT2D eigenvalue weighted by atomic mass is 9.64. The average Bonchev–Trinajstić information content (AvgIpc) is 2.26. The van der Waals surface area contributed by atoms with E-state index in [-0.39, 0.29) is 17.4 Å². The number of hydrogen-bond donors (Lipinski definition) is 2. The van der Waals surface area contributed by atoms with Crippen LogP contribution in [0.1, 0.15) is 52.9 Å². The minimum Gasteiger partial charge on any atom is -0.368 e. The van der Waals surface area contributed by atoms with Crippen molar-refractivity contribution in [3.05, 3.63) is 0 Å². The number of nitrogens with two attached hydrogens (primary N) is 1. The number of carbonyl (C=O) groups excluding carboxylic acids is 1.